The fourth-order valence-corrected chi connectivity index (χ4v) is 1.21. The third kappa shape index (κ3) is 2.83. The van der Waals surface area contributed by atoms with Crippen molar-refractivity contribution in [3.63, 3.8) is 0 Å². The summed E-state index contributed by atoms with van der Waals surface area (Å²) in [5, 5.41) is 14.5. The first-order valence-corrected chi connectivity index (χ1v) is 4.86. The number of nitrogens with zero attached hydrogens (tertiary/aromatic N) is 3. The molecule has 2 N–H and O–H groups in total. The molecule has 0 unspecified atom stereocenters. The first-order valence-electron chi connectivity index (χ1n) is 4.86. The highest BCUT2D eigenvalue weighted by Crippen LogP contribution is 2.13. The molecule has 0 aliphatic rings. The predicted octanol–water partition coefficient (Wildman–Crippen LogP) is -0.393. The van der Waals surface area contributed by atoms with Gasteiger partial charge in [0.1, 0.15) is 0 Å². The van der Waals surface area contributed by atoms with E-state index in [4.69, 9.17) is 5.73 Å². The number of carbonyl (C=O) groups is 1. The molecule has 8 nitrogen and oxygen atoms in total. The van der Waals surface area contributed by atoms with Gasteiger partial charge in [-0.05, 0) is 18.0 Å². The van der Waals surface area contributed by atoms with Crippen LogP contribution in [0.25, 0.3) is 0 Å². The minimum Gasteiger partial charge on any atom is -0.366 e. The average Bonchev–Trinajstić information content (AvgIpc) is 2.56. The zero-order valence-corrected chi connectivity index (χ0v) is 9.17. The first-order chi connectivity index (χ1) is 7.58. The Bertz CT molecular complexity index is 361. The van der Waals surface area contributed by atoms with Gasteiger partial charge in [-0.25, -0.2) is 4.79 Å². The van der Waals surface area contributed by atoms with Crippen molar-refractivity contribution in [1.82, 2.24) is 10.1 Å². The van der Waals surface area contributed by atoms with E-state index in [0.717, 1.165) is 13.1 Å². The molecule has 0 spiro atoms. The number of aromatic nitrogens is 2. The molecule has 0 saturated carbocycles. The SMILES string of the molecule is CCN(CC)Cc1c(OC(N)=O)no[n+]1[O-]. The number of primary amides is 1. The smallest absolute Gasteiger partial charge is 0.366 e. The van der Waals surface area contributed by atoms with Crippen molar-refractivity contribution in [1.29, 1.82) is 0 Å². The normalized spacial score (nSPS) is 10.7. The standard InChI is InChI=1S/C8H14N4O4/c1-3-11(4-2)5-6-7(15-8(9)13)10-16-12(6)14/h3-5H2,1-2H3,(H2,9,13). The second-order valence-electron chi connectivity index (χ2n) is 3.06. The quantitative estimate of drug-likeness (QED) is 0.690. The highest BCUT2D eigenvalue weighted by Gasteiger charge is 2.24. The predicted molar refractivity (Wildman–Crippen MR) is 52.3 cm³/mol. The summed E-state index contributed by atoms with van der Waals surface area (Å²) < 4.78 is 8.88. The molecule has 0 aliphatic carbocycles. The van der Waals surface area contributed by atoms with Crippen molar-refractivity contribution >= 4 is 6.09 Å². The van der Waals surface area contributed by atoms with Crippen LogP contribution >= 0.6 is 0 Å². The van der Waals surface area contributed by atoms with E-state index in [1.165, 1.54) is 0 Å². The Labute approximate surface area is 92.1 Å². The van der Waals surface area contributed by atoms with Gasteiger partial charge >= 0.3 is 12.0 Å². The lowest BCUT2D eigenvalue weighted by Crippen LogP contribution is -2.34. The van der Waals surface area contributed by atoms with E-state index in [1.807, 2.05) is 18.7 Å². The lowest BCUT2D eigenvalue weighted by Gasteiger charge is -2.15. The zero-order chi connectivity index (χ0) is 12.1. The molecule has 8 heteroatoms. The van der Waals surface area contributed by atoms with Crippen LogP contribution in [-0.4, -0.2) is 29.2 Å². The van der Waals surface area contributed by atoms with Crippen molar-refractivity contribution in [3.05, 3.63) is 10.9 Å². The summed E-state index contributed by atoms with van der Waals surface area (Å²) in [5.74, 6) is -0.186. The number of nitrogens with two attached hydrogens (primary N) is 1. The summed E-state index contributed by atoms with van der Waals surface area (Å²) in [4.78, 5) is 12.7. The van der Waals surface area contributed by atoms with Crippen LogP contribution in [0.15, 0.2) is 4.63 Å². The molecule has 0 atom stereocenters. The molecule has 0 bridgehead atoms. The molecule has 0 fully saturated rings. The molecule has 0 aromatic carbocycles. The van der Waals surface area contributed by atoms with E-state index in [0.29, 0.717) is 0 Å². The monoisotopic (exact) mass is 230 g/mol. The fourth-order valence-electron chi connectivity index (χ4n) is 1.21. The Hall–Kier alpha value is -1.83. The minimum absolute atomic E-state index is 0.127. The van der Waals surface area contributed by atoms with Crippen molar-refractivity contribution in [2.75, 3.05) is 13.1 Å². The van der Waals surface area contributed by atoms with Gasteiger partial charge < -0.3 is 15.7 Å². The van der Waals surface area contributed by atoms with Gasteiger partial charge in [0.05, 0.1) is 11.7 Å². The highest BCUT2D eigenvalue weighted by atomic mass is 16.8. The van der Waals surface area contributed by atoms with Gasteiger partial charge in [0.25, 0.3) is 5.69 Å². The molecule has 90 valence electrons. The number of hydrogen-bond donors (Lipinski definition) is 1. The van der Waals surface area contributed by atoms with Crippen molar-refractivity contribution in [3.8, 4) is 5.88 Å². The third-order valence-electron chi connectivity index (χ3n) is 2.13. The minimum atomic E-state index is -1.03. The maximum Gasteiger partial charge on any atom is 0.412 e. The van der Waals surface area contributed by atoms with E-state index in [-0.39, 0.29) is 23.0 Å². The van der Waals surface area contributed by atoms with Gasteiger partial charge in [0, 0.05) is 0 Å². The molecule has 1 aromatic rings. The Morgan fingerprint density at radius 2 is 2.25 bits per heavy atom. The van der Waals surface area contributed by atoms with Gasteiger partial charge in [0.2, 0.25) is 0 Å². The topological polar surface area (TPSA) is 109 Å². The molecule has 1 amide bonds. The number of hydrogen-bond acceptors (Lipinski definition) is 6. The lowest BCUT2D eigenvalue weighted by atomic mass is 10.4. The Morgan fingerprint density at radius 3 is 2.75 bits per heavy atom. The molecule has 0 saturated heterocycles. The second kappa shape index (κ2) is 5.31. The molecular formula is C8H14N4O4. The number of amides is 1. The summed E-state index contributed by atoms with van der Waals surface area (Å²) in [6, 6.07) is 0. The summed E-state index contributed by atoms with van der Waals surface area (Å²) in [6.45, 7) is 5.67. The van der Waals surface area contributed by atoms with Gasteiger partial charge in [0.15, 0.2) is 0 Å². The van der Waals surface area contributed by atoms with E-state index in [9.17, 15) is 10.0 Å². The number of carbonyl (C=O) groups excluding carboxylic acids is 1. The van der Waals surface area contributed by atoms with E-state index < -0.39 is 6.09 Å². The summed E-state index contributed by atoms with van der Waals surface area (Å²) in [7, 11) is 0. The van der Waals surface area contributed by atoms with Crippen LogP contribution in [0.1, 0.15) is 19.5 Å². The summed E-state index contributed by atoms with van der Waals surface area (Å²) >= 11 is 0. The van der Waals surface area contributed by atoms with Crippen LogP contribution in [-0.2, 0) is 6.54 Å². The Morgan fingerprint density at radius 1 is 1.62 bits per heavy atom. The van der Waals surface area contributed by atoms with Crippen molar-refractivity contribution < 1.29 is 19.1 Å². The van der Waals surface area contributed by atoms with Gasteiger partial charge in [-0.3, -0.25) is 9.53 Å². The van der Waals surface area contributed by atoms with Crippen LogP contribution < -0.4 is 15.4 Å². The third-order valence-corrected chi connectivity index (χ3v) is 2.13. The second-order valence-corrected chi connectivity index (χ2v) is 3.06. The molecule has 0 aliphatic heterocycles. The zero-order valence-electron chi connectivity index (χ0n) is 9.17. The Balaban J connectivity index is 2.84. The van der Waals surface area contributed by atoms with Crippen molar-refractivity contribution in [2.24, 2.45) is 5.73 Å². The van der Waals surface area contributed by atoms with E-state index in [2.05, 4.69) is 14.5 Å². The van der Waals surface area contributed by atoms with Gasteiger partial charge in [-0.2, -0.15) is 0 Å². The molecule has 0 radical (unpaired) electrons. The average molecular weight is 230 g/mol. The first kappa shape index (κ1) is 12.2. The molecule has 16 heavy (non-hydrogen) atoms. The fraction of sp³-hybridized carbons (Fsp3) is 0.625. The summed E-state index contributed by atoms with van der Waals surface area (Å²) in [5.41, 5.74) is 4.96. The maximum atomic E-state index is 11.2. The molecule has 1 aromatic heterocycles. The maximum absolute atomic E-state index is 11.2. The number of rotatable bonds is 5. The van der Waals surface area contributed by atoms with Crippen molar-refractivity contribution in [2.45, 2.75) is 20.4 Å². The molecule has 1 rings (SSSR count). The largest absolute Gasteiger partial charge is 0.412 e. The summed E-state index contributed by atoms with van der Waals surface area (Å²) in [6.07, 6.45) is -1.03. The van der Waals surface area contributed by atoms with Gasteiger partial charge in [-0.15, -0.1) is 0 Å². The van der Waals surface area contributed by atoms with E-state index in [1.54, 1.807) is 0 Å². The number of ether oxygens (including phenoxy) is 1. The van der Waals surface area contributed by atoms with Crippen LogP contribution in [0.5, 0.6) is 5.88 Å². The van der Waals surface area contributed by atoms with Gasteiger partial charge in [-0.1, -0.05) is 13.8 Å². The van der Waals surface area contributed by atoms with E-state index >= 15 is 0 Å². The lowest BCUT2D eigenvalue weighted by molar-refractivity contribution is -0.808. The Kier molecular flexibility index (Phi) is 4.06. The highest BCUT2D eigenvalue weighted by molar-refractivity contribution is 5.67. The molecular weight excluding hydrogens is 216 g/mol. The van der Waals surface area contributed by atoms with Crippen LogP contribution in [0.4, 0.5) is 4.79 Å². The molecule has 1 heterocycles. The van der Waals surface area contributed by atoms with Crippen LogP contribution in [0, 0.1) is 5.21 Å². The van der Waals surface area contributed by atoms with Crippen LogP contribution in [0.3, 0.4) is 0 Å². The van der Waals surface area contributed by atoms with Crippen LogP contribution in [0.2, 0.25) is 0 Å².